The van der Waals surface area contributed by atoms with Gasteiger partial charge in [-0.15, -0.1) is 0 Å². The minimum absolute atomic E-state index is 0.117. The van der Waals surface area contributed by atoms with Crippen LogP contribution in [0, 0.1) is 29.9 Å². The maximum Gasteiger partial charge on any atom is 0.292 e. The van der Waals surface area contributed by atoms with Crippen molar-refractivity contribution in [2.45, 2.75) is 39.4 Å². The molecule has 7 nitrogen and oxygen atoms in total. The van der Waals surface area contributed by atoms with E-state index in [0.717, 1.165) is 23.1 Å². The Hall–Kier alpha value is -2.35. The predicted octanol–water partition coefficient (Wildman–Crippen LogP) is 3.79. The molecule has 2 aromatic rings. The normalized spacial score (nSPS) is 10.9. The lowest BCUT2D eigenvalue weighted by Gasteiger charge is -2.12. The van der Waals surface area contributed by atoms with E-state index in [1.165, 1.54) is 23.9 Å². The zero-order valence-corrected chi connectivity index (χ0v) is 15.6. The SMILES string of the molecule is Cc1nc(SCC(=O)Nc2ccccc2[N+](=O)[O-])n(CC(C)C)c1C. The summed E-state index contributed by atoms with van der Waals surface area (Å²) in [6.45, 7) is 9.06. The summed E-state index contributed by atoms with van der Waals surface area (Å²) in [5.74, 6) is 0.307. The second-order valence-corrected chi connectivity index (χ2v) is 7.12. The Morgan fingerprint density at radius 3 is 2.68 bits per heavy atom. The number of nitro benzene ring substituents is 1. The Kier molecular flexibility index (Phi) is 6.19. The highest BCUT2D eigenvalue weighted by Crippen LogP contribution is 2.25. The average molecular weight is 362 g/mol. The number of amides is 1. The number of anilines is 1. The molecule has 0 atom stereocenters. The number of carbonyl (C=O) groups is 1. The van der Waals surface area contributed by atoms with Gasteiger partial charge in [-0.1, -0.05) is 37.7 Å². The van der Waals surface area contributed by atoms with Crippen molar-refractivity contribution in [3.63, 3.8) is 0 Å². The van der Waals surface area contributed by atoms with Crippen molar-refractivity contribution in [3.05, 3.63) is 45.8 Å². The molecule has 0 saturated carbocycles. The van der Waals surface area contributed by atoms with Crippen molar-refractivity contribution in [1.82, 2.24) is 9.55 Å². The van der Waals surface area contributed by atoms with Gasteiger partial charge in [0.15, 0.2) is 5.16 Å². The topological polar surface area (TPSA) is 90.1 Å². The smallest absolute Gasteiger partial charge is 0.292 e. The number of benzene rings is 1. The van der Waals surface area contributed by atoms with E-state index in [-0.39, 0.29) is 23.0 Å². The van der Waals surface area contributed by atoms with E-state index < -0.39 is 4.92 Å². The Morgan fingerprint density at radius 1 is 1.36 bits per heavy atom. The van der Waals surface area contributed by atoms with E-state index in [0.29, 0.717) is 5.92 Å². The van der Waals surface area contributed by atoms with Crippen molar-refractivity contribution in [2.75, 3.05) is 11.1 Å². The van der Waals surface area contributed by atoms with E-state index in [2.05, 4.69) is 28.7 Å². The fourth-order valence-corrected chi connectivity index (χ4v) is 3.27. The summed E-state index contributed by atoms with van der Waals surface area (Å²) >= 11 is 1.34. The molecule has 2 rings (SSSR count). The Morgan fingerprint density at radius 2 is 2.04 bits per heavy atom. The van der Waals surface area contributed by atoms with Gasteiger partial charge in [0.2, 0.25) is 5.91 Å². The van der Waals surface area contributed by atoms with Gasteiger partial charge in [0.25, 0.3) is 5.69 Å². The lowest BCUT2D eigenvalue weighted by molar-refractivity contribution is -0.383. The van der Waals surface area contributed by atoms with Crippen LogP contribution in [0.3, 0.4) is 0 Å². The monoisotopic (exact) mass is 362 g/mol. The third-order valence-corrected chi connectivity index (χ3v) is 4.65. The highest BCUT2D eigenvalue weighted by molar-refractivity contribution is 7.99. The van der Waals surface area contributed by atoms with Gasteiger partial charge in [0, 0.05) is 18.3 Å². The molecule has 0 aliphatic rings. The highest BCUT2D eigenvalue weighted by Gasteiger charge is 2.17. The van der Waals surface area contributed by atoms with Crippen LogP contribution >= 0.6 is 11.8 Å². The molecule has 0 aliphatic carbocycles. The van der Waals surface area contributed by atoms with Crippen molar-refractivity contribution in [3.8, 4) is 0 Å². The molecule has 1 heterocycles. The zero-order chi connectivity index (χ0) is 18.6. The summed E-state index contributed by atoms with van der Waals surface area (Å²) in [4.78, 5) is 27.2. The van der Waals surface area contributed by atoms with Crippen LogP contribution in [0.15, 0.2) is 29.4 Å². The fraction of sp³-hybridized carbons (Fsp3) is 0.412. The first-order chi connectivity index (χ1) is 11.8. The van der Waals surface area contributed by atoms with Crippen LogP contribution in [-0.2, 0) is 11.3 Å². The largest absolute Gasteiger partial charge is 0.323 e. The van der Waals surface area contributed by atoms with Gasteiger partial charge in [-0.05, 0) is 25.8 Å². The van der Waals surface area contributed by atoms with Crippen LogP contribution < -0.4 is 5.32 Å². The van der Waals surface area contributed by atoms with Crippen LogP contribution in [-0.4, -0.2) is 26.1 Å². The lowest BCUT2D eigenvalue weighted by atomic mass is 10.2. The maximum atomic E-state index is 12.2. The van der Waals surface area contributed by atoms with Gasteiger partial charge < -0.3 is 9.88 Å². The number of nitrogens with one attached hydrogen (secondary N) is 1. The Bertz CT molecular complexity index is 786. The van der Waals surface area contributed by atoms with Gasteiger partial charge >= 0.3 is 0 Å². The Labute approximate surface area is 151 Å². The molecule has 1 aromatic heterocycles. The number of aromatic nitrogens is 2. The number of para-hydroxylation sites is 2. The van der Waals surface area contributed by atoms with Gasteiger partial charge in [0.1, 0.15) is 5.69 Å². The summed E-state index contributed by atoms with van der Waals surface area (Å²) in [7, 11) is 0. The summed E-state index contributed by atoms with van der Waals surface area (Å²) in [6.07, 6.45) is 0. The van der Waals surface area contributed by atoms with E-state index in [1.54, 1.807) is 12.1 Å². The molecule has 0 radical (unpaired) electrons. The van der Waals surface area contributed by atoms with Gasteiger partial charge in [0.05, 0.1) is 16.4 Å². The molecule has 0 fully saturated rings. The van der Waals surface area contributed by atoms with Crippen molar-refractivity contribution in [1.29, 1.82) is 0 Å². The standard InChI is InChI=1S/C17H22N4O3S/c1-11(2)9-20-13(4)12(3)18-17(20)25-10-16(22)19-14-7-5-6-8-15(14)21(23)24/h5-8,11H,9-10H2,1-4H3,(H,19,22). The predicted molar refractivity (Wildman–Crippen MR) is 99.0 cm³/mol. The van der Waals surface area contributed by atoms with Crippen molar-refractivity contribution in [2.24, 2.45) is 5.92 Å². The number of hydrogen-bond acceptors (Lipinski definition) is 5. The first-order valence-corrected chi connectivity index (χ1v) is 8.98. The second-order valence-electron chi connectivity index (χ2n) is 6.18. The number of nitro groups is 1. The quantitative estimate of drug-likeness (QED) is 0.460. The molecule has 1 aromatic carbocycles. The Balaban J connectivity index is 2.06. The molecule has 0 aliphatic heterocycles. The van der Waals surface area contributed by atoms with E-state index in [9.17, 15) is 14.9 Å². The van der Waals surface area contributed by atoms with E-state index in [4.69, 9.17) is 0 Å². The minimum atomic E-state index is -0.509. The minimum Gasteiger partial charge on any atom is -0.323 e. The molecule has 1 amide bonds. The summed E-state index contributed by atoms with van der Waals surface area (Å²) in [5.41, 5.74) is 2.13. The zero-order valence-electron chi connectivity index (χ0n) is 14.8. The molecule has 0 spiro atoms. The van der Waals surface area contributed by atoms with Gasteiger partial charge in [-0.3, -0.25) is 14.9 Å². The first-order valence-electron chi connectivity index (χ1n) is 7.99. The fourth-order valence-electron chi connectivity index (χ4n) is 2.37. The van der Waals surface area contributed by atoms with Gasteiger partial charge in [-0.2, -0.15) is 0 Å². The molecule has 0 bridgehead atoms. The molecule has 134 valence electrons. The lowest BCUT2D eigenvalue weighted by Crippen LogP contribution is -2.16. The second kappa shape index (κ2) is 8.15. The average Bonchev–Trinajstić information content (AvgIpc) is 2.80. The summed E-state index contributed by atoms with van der Waals surface area (Å²) in [5, 5.41) is 14.4. The van der Waals surface area contributed by atoms with Crippen LogP contribution in [0.25, 0.3) is 0 Å². The molecule has 0 unspecified atom stereocenters. The molecule has 8 heteroatoms. The molecular weight excluding hydrogens is 340 g/mol. The molecule has 25 heavy (non-hydrogen) atoms. The summed E-state index contributed by atoms with van der Waals surface area (Å²) in [6, 6.07) is 6.11. The number of nitrogens with zero attached hydrogens (tertiary/aromatic N) is 3. The number of imidazole rings is 1. The molecular formula is C17H22N4O3S. The van der Waals surface area contributed by atoms with Gasteiger partial charge in [-0.25, -0.2) is 4.98 Å². The number of thioether (sulfide) groups is 1. The highest BCUT2D eigenvalue weighted by atomic mass is 32.2. The van der Waals surface area contributed by atoms with E-state index in [1.807, 2.05) is 13.8 Å². The molecule has 1 N–H and O–H groups in total. The third kappa shape index (κ3) is 4.82. The van der Waals surface area contributed by atoms with Crippen molar-refractivity contribution >= 4 is 29.0 Å². The van der Waals surface area contributed by atoms with Crippen LogP contribution in [0.4, 0.5) is 11.4 Å². The third-order valence-electron chi connectivity index (χ3n) is 3.68. The van der Waals surface area contributed by atoms with Crippen LogP contribution in [0.5, 0.6) is 0 Å². The van der Waals surface area contributed by atoms with Crippen LogP contribution in [0.2, 0.25) is 0 Å². The number of aryl methyl sites for hydroxylation is 1. The molecule has 0 saturated heterocycles. The number of hydrogen-bond donors (Lipinski definition) is 1. The van der Waals surface area contributed by atoms with Crippen LogP contribution in [0.1, 0.15) is 25.2 Å². The first kappa shape index (κ1) is 19.0. The number of carbonyl (C=O) groups excluding carboxylic acids is 1. The van der Waals surface area contributed by atoms with Crippen molar-refractivity contribution < 1.29 is 9.72 Å². The summed E-state index contributed by atoms with van der Waals surface area (Å²) < 4.78 is 2.11. The maximum absolute atomic E-state index is 12.2. The van der Waals surface area contributed by atoms with E-state index >= 15 is 0 Å². The number of rotatable bonds is 7.